The molecular weight excluding hydrogens is 240 g/mol. The molecule has 0 aliphatic heterocycles. The van der Waals surface area contributed by atoms with Crippen molar-refractivity contribution in [1.82, 2.24) is 0 Å². The van der Waals surface area contributed by atoms with Gasteiger partial charge in [0.25, 0.3) is 0 Å². The van der Waals surface area contributed by atoms with Gasteiger partial charge in [0.2, 0.25) is 0 Å². The van der Waals surface area contributed by atoms with Gasteiger partial charge in [0.05, 0.1) is 0 Å². The molecule has 0 nitrogen and oxygen atoms in total. The van der Waals surface area contributed by atoms with E-state index in [1.165, 1.54) is 16.7 Å². The van der Waals surface area contributed by atoms with Crippen LogP contribution in [-0.2, 0) is 6.42 Å². The third kappa shape index (κ3) is 4.09. The lowest BCUT2D eigenvalue weighted by molar-refractivity contribution is 0.646. The molecule has 0 aromatic heterocycles. The molecule has 0 spiro atoms. The molecule has 0 heteroatoms. The standard InChI is InChI=1S/C20H24/c1-16(2)15-20-12-8-7-11-19(20)14-13-17(3)18-9-5-4-6-10-18/h4-14,16-17H,15H2,1-3H3. The molecule has 0 N–H and O–H groups in total. The summed E-state index contributed by atoms with van der Waals surface area (Å²) in [5, 5.41) is 0. The van der Waals surface area contributed by atoms with Crippen molar-refractivity contribution in [2.24, 2.45) is 5.92 Å². The second kappa shape index (κ2) is 7.09. The van der Waals surface area contributed by atoms with E-state index in [4.69, 9.17) is 0 Å². The van der Waals surface area contributed by atoms with Gasteiger partial charge in [0, 0.05) is 0 Å². The summed E-state index contributed by atoms with van der Waals surface area (Å²) in [4.78, 5) is 0. The average Bonchev–Trinajstić information content (AvgIpc) is 2.46. The number of hydrogen-bond donors (Lipinski definition) is 0. The third-order valence-electron chi connectivity index (χ3n) is 3.57. The highest BCUT2D eigenvalue weighted by molar-refractivity contribution is 5.55. The van der Waals surface area contributed by atoms with Crippen molar-refractivity contribution >= 4 is 6.08 Å². The second-order valence-electron chi connectivity index (χ2n) is 5.86. The van der Waals surface area contributed by atoms with Gasteiger partial charge in [-0.1, -0.05) is 87.5 Å². The van der Waals surface area contributed by atoms with Crippen LogP contribution in [0.25, 0.3) is 6.08 Å². The van der Waals surface area contributed by atoms with Crippen molar-refractivity contribution in [3.8, 4) is 0 Å². The molecule has 2 aromatic rings. The number of allylic oxidation sites excluding steroid dienone is 1. The highest BCUT2D eigenvalue weighted by Crippen LogP contribution is 2.20. The summed E-state index contributed by atoms with van der Waals surface area (Å²) in [6, 6.07) is 19.4. The molecule has 2 rings (SSSR count). The minimum Gasteiger partial charge on any atom is -0.0767 e. The van der Waals surface area contributed by atoms with Crippen molar-refractivity contribution < 1.29 is 0 Å². The monoisotopic (exact) mass is 264 g/mol. The molecule has 2 aromatic carbocycles. The van der Waals surface area contributed by atoms with E-state index in [-0.39, 0.29) is 0 Å². The average molecular weight is 264 g/mol. The second-order valence-corrected chi connectivity index (χ2v) is 5.86. The first-order chi connectivity index (χ1) is 9.66. The van der Waals surface area contributed by atoms with Crippen LogP contribution in [0.2, 0.25) is 0 Å². The molecule has 1 atom stereocenters. The Hall–Kier alpha value is -1.82. The minimum absolute atomic E-state index is 0.448. The fourth-order valence-electron chi connectivity index (χ4n) is 2.44. The van der Waals surface area contributed by atoms with Gasteiger partial charge < -0.3 is 0 Å². The predicted molar refractivity (Wildman–Crippen MR) is 88.9 cm³/mol. The van der Waals surface area contributed by atoms with Crippen LogP contribution in [0.1, 0.15) is 43.4 Å². The first-order valence-corrected chi connectivity index (χ1v) is 7.48. The predicted octanol–water partition coefficient (Wildman–Crippen LogP) is 5.70. The van der Waals surface area contributed by atoms with Gasteiger partial charge in [-0.3, -0.25) is 0 Å². The Balaban J connectivity index is 2.15. The Morgan fingerprint density at radius 3 is 2.20 bits per heavy atom. The molecule has 0 fully saturated rings. The maximum absolute atomic E-state index is 2.30. The van der Waals surface area contributed by atoms with E-state index in [0.29, 0.717) is 11.8 Å². The zero-order valence-electron chi connectivity index (χ0n) is 12.7. The van der Waals surface area contributed by atoms with E-state index in [9.17, 15) is 0 Å². The van der Waals surface area contributed by atoms with Crippen LogP contribution in [0.4, 0.5) is 0 Å². The Morgan fingerprint density at radius 2 is 1.50 bits per heavy atom. The van der Waals surface area contributed by atoms with Crippen LogP contribution in [0, 0.1) is 5.92 Å². The lowest BCUT2D eigenvalue weighted by Gasteiger charge is -2.10. The summed E-state index contributed by atoms with van der Waals surface area (Å²) in [6.45, 7) is 6.79. The van der Waals surface area contributed by atoms with Crippen LogP contribution >= 0.6 is 0 Å². The SMILES string of the molecule is CC(C)Cc1ccccc1C=CC(C)c1ccccc1. The van der Waals surface area contributed by atoms with Crippen LogP contribution in [-0.4, -0.2) is 0 Å². The van der Waals surface area contributed by atoms with E-state index in [0.717, 1.165) is 6.42 Å². The molecule has 104 valence electrons. The van der Waals surface area contributed by atoms with Crippen molar-refractivity contribution in [2.75, 3.05) is 0 Å². The van der Waals surface area contributed by atoms with Crippen molar-refractivity contribution in [3.05, 3.63) is 77.4 Å². The van der Waals surface area contributed by atoms with E-state index in [1.807, 2.05) is 0 Å². The summed E-state index contributed by atoms with van der Waals surface area (Å²) in [5.41, 5.74) is 4.16. The maximum atomic E-state index is 2.30. The lowest BCUT2D eigenvalue weighted by Crippen LogP contribution is -1.96. The van der Waals surface area contributed by atoms with Crippen LogP contribution in [0.5, 0.6) is 0 Å². The molecule has 1 unspecified atom stereocenters. The zero-order chi connectivity index (χ0) is 14.4. The van der Waals surface area contributed by atoms with Gasteiger partial charge in [0.1, 0.15) is 0 Å². The number of benzene rings is 2. The van der Waals surface area contributed by atoms with E-state index < -0.39 is 0 Å². The molecule has 0 aliphatic rings. The van der Waals surface area contributed by atoms with Crippen molar-refractivity contribution in [1.29, 1.82) is 0 Å². The normalized spacial score (nSPS) is 13.0. The smallest absolute Gasteiger partial charge is 0.000711 e. The fraction of sp³-hybridized carbons (Fsp3) is 0.300. The Bertz CT molecular complexity index is 549. The van der Waals surface area contributed by atoms with Crippen molar-refractivity contribution in [2.45, 2.75) is 33.1 Å². The number of hydrogen-bond acceptors (Lipinski definition) is 0. The molecule has 0 radical (unpaired) electrons. The fourth-order valence-corrected chi connectivity index (χ4v) is 2.44. The molecule has 0 saturated carbocycles. The van der Waals surface area contributed by atoms with Gasteiger partial charge in [-0.15, -0.1) is 0 Å². The maximum Gasteiger partial charge on any atom is -0.000711 e. The highest BCUT2D eigenvalue weighted by Gasteiger charge is 2.03. The summed E-state index contributed by atoms with van der Waals surface area (Å²) in [7, 11) is 0. The zero-order valence-corrected chi connectivity index (χ0v) is 12.7. The molecule has 20 heavy (non-hydrogen) atoms. The molecule has 0 heterocycles. The van der Waals surface area contributed by atoms with Crippen LogP contribution in [0.3, 0.4) is 0 Å². The van der Waals surface area contributed by atoms with Crippen molar-refractivity contribution in [3.63, 3.8) is 0 Å². The van der Waals surface area contributed by atoms with Gasteiger partial charge in [-0.05, 0) is 34.9 Å². The Labute approximate surface area is 123 Å². The molecule has 0 aliphatic carbocycles. The van der Waals surface area contributed by atoms with E-state index >= 15 is 0 Å². The first-order valence-electron chi connectivity index (χ1n) is 7.48. The number of rotatable bonds is 5. The van der Waals surface area contributed by atoms with Crippen LogP contribution < -0.4 is 0 Å². The van der Waals surface area contributed by atoms with Crippen LogP contribution in [0.15, 0.2) is 60.7 Å². The summed E-state index contributed by atoms with van der Waals surface area (Å²) >= 11 is 0. The van der Waals surface area contributed by atoms with E-state index in [2.05, 4.69) is 87.5 Å². The highest BCUT2D eigenvalue weighted by atomic mass is 14.1. The molecular formula is C20H24. The largest absolute Gasteiger partial charge is 0.0767 e. The Kier molecular flexibility index (Phi) is 5.17. The first kappa shape index (κ1) is 14.6. The van der Waals surface area contributed by atoms with Gasteiger partial charge in [0.15, 0.2) is 0 Å². The van der Waals surface area contributed by atoms with E-state index in [1.54, 1.807) is 0 Å². The van der Waals surface area contributed by atoms with Gasteiger partial charge in [-0.25, -0.2) is 0 Å². The summed E-state index contributed by atoms with van der Waals surface area (Å²) in [6.07, 6.45) is 5.71. The minimum atomic E-state index is 0.448. The van der Waals surface area contributed by atoms with Gasteiger partial charge in [-0.2, -0.15) is 0 Å². The topological polar surface area (TPSA) is 0 Å². The summed E-state index contributed by atoms with van der Waals surface area (Å²) in [5.74, 6) is 1.14. The molecule has 0 saturated heterocycles. The summed E-state index contributed by atoms with van der Waals surface area (Å²) < 4.78 is 0. The third-order valence-corrected chi connectivity index (χ3v) is 3.57. The molecule has 0 bridgehead atoms. The van der Waals surface area contributed by atoms with Gasteiger partial charge >= 0.3 is 0 Å². The quantitative estimate of drug-likeness (QED) is 0.649. The molecule has 0 amide bonds. The Morgan fingerprint density at radius 1 is 0.850 bits per heavy atom. The lowest BCUT2D eigenvalue weighted by atomic mass is 9.95.